The first kappa shape index (κ1) is 26.0. The summed E-state index contributed by atoms with van der Waals surface area (Å²) in [5.41, 5.74) is 1.20. The standard InChI is InChI=1S/C27H45N3O3/c1-28-20-25(19-22-11-5-3-6-12-22)29-27(31)30-16-9-15-24(21-30)26(33-18-10-17-32-2)23-13-7-4-8-14-23/h4,7-8,13-14,22,24-26,28H,3,5-6,9-12,15-21H2,1-2H3,(H,29,31). The minimum atomic E-state index is 0.00833. The SMILES string of the molecule is CNCC(CC1CCCCC1)NC(=O)N1CCCC(C(OCCCOC)c2ccccc2)C1. The molecule has 1 aliphatic heterocycles. The van der Waals surface area contributed by atoms with Crippen LogP contribution in [0.4, 0.5) is 4.79 Å². The van der Waals surface area contributed by atoms with E-state index in [1.54, 1.807) is 7.11 Å². The number of benzene rings is 1. The lowest BCUT2D eigenvalue weighted by atomic mass is 9.85. The van der Waals surface area contributed by atoms with Gasteiger partial charge in [0.2, 0.25) is 0 Å². The van der Waals surface area contributed by atoms with Gasteiger partial charge in [-0.05, 0) is 44.2 Å². The van der Waals surface area contributed by atoms with Crippen LogP contribution in [-0.2, 0) is 9.47 Å². The Labute approximate surface area is 200 Å². The predicted octanol–water partition coefficient (Wildman–Crippen LogP) is 4.76. The number of likely N-dealkylation sites (tertiary alicyclic amines) is 1. The Morgan fingerprint density at radius 3 is 2.61 bits per heavy atom. The van der Waals surface area contributed by atoms with Crippen molar-refractivity contribution in [2.24, 2.45) is 11.8 Å². The zero-order chi connectivity index (χ0) is 23.3. The summed E-state index contributed by atoms with van der Waals surface area (Å²) in [5, 5.41) is 6.65. The number of hydrogen-bond acceptors (Lipinski definition) is 4. The molecular formula is C27H45N3O3. The van der Waals surface area contributed by atoms with Gasteiger partial charge in [0, 0.05) is 51.9 Å². The number of amides is 2. The van der Waals surface area contributed by atoms with Crippen LogP contribution in [0, 0.1) is 11.8 Å². The van der Waals surface area contributed by atoms with Crippen molar-refractivity contribution in [3.63, 3.8) is 0 Å². The second-order valence-electron chi connectivity index (χ2n) is 9.84. The fraction of sp³-hybridized carbons (Fsp3) is 0.741. The number of nitrogens with one attached hydrogen (secondary N) is 2. The van der Waals surface area contributed by atoms with E-state index in [4.69, 9.17) is 9.47 Å². The third-order valence-electron chi connectivity index (χ3n) is 7.21. The summed E-state index contributed by atoms with van der Waals surface area (Å²) in [4.78, 5) is 15.3. The average molecular weight is 460 g/mol. The van der Waals surface area contributed by atoms with Gasteiger partial charge in [0.15, 0.2) is 0 Å². The lowest BCUT2D eigenvalue weighted by molar-refractivity contribution is -0.0168. The van der Waals surface area contributed by atoms with Crippen molar-refractivity contribution in [3.05, 3.63) is 35.9 Å². The topological polar surface area (TPSA) is 62.8 Å². The normalized spacial score (nSPS) is 21.5. The van der Waals surface area contributed by atoms with Gasteiger partial charge in [-0.15, -0.1) is 0 Å². The van der Waals surface area contributed by atoms with Crippen molar-refractivity contribution in [2.45, 2.75) is 69.9 Å². The summed E-state index contributed by atoms with van der Waals surface area (Å²) >= 11 is 0. The highest BCUT2D eigenvalue weighted by Gasteiger charge is 2.32. The van der Waals surface area contributed by atoms with Crippen LogP contribution in [-0.4, -0.2) is 64.0 Å². The van der Waals surface area contributed by atoms with Gasteiger partial charge in [0.05, 0.1) is 6.10 Å². The maximum absolute atomic E-state index is 13.3. The van der Waals surface area contributed by atoms with Crippen molar-refractivity contribution >= 4 is 6.03 Å². The Kier molecular flexibility index (Phi) is 11.5. The fourth-order valence-corrected chi connectivity index (χ4v) is 5.53. The first-order valence-electron chi connectivity index (χ1n) is 13.1. The smallest absolute Gasteiger partial charge is 0.317 e. The van der Waals surface area contributed by atoms with Gasteiger partial charge in [-0.1, -0.05) is 62.4 Å². The number of carbonyl (C=O) groups is 1. The van der Waals surface area contributed by atoms with Gasteiger partial charge >= 0.3 is 6.03 Å². The van der Waals surface area contributed by atoms with E-state index in [2.05, 4.69) is 34.9 Å². The van der Waals surface area contributed by atoms with Crippen LogP contribution in [0.1, 0.15) is 69.5 Å². The summed E-state index contributed by atoms with van der Waals surface area (Å²) < 4.78 is 11.6. The molecule has 2 fully saturated rings. The van der Waals surface area contributed by atoms with Crippen LogP contribution >= 0.6 is 0 Å². The minimum absolute atomic E-state index is 0.00833. The molecule has 186 valence electrons. The number of ether oxygens (including phenoxy) is 2. The van der Waals surface area contributed by atoms with Crippen molar-refractivity contribution in [2.75, 3.05) is 47.0 Å². The zero-order valence-corrected chi connectivity index (χ0v) is 20.8. The third kappa shape index (κ3) is 8.58. The molecule has 1 aliphatic carbocycles. The zero-order valence-electron chi connectivity index (χ0n) is 20.8. The van der Waals surface area contributed by atoms with Gasteiger partial charge in [-0.25, -0.2) is 4.79 Å². The molecule has 0 spiro atoms. The number of likely N-dealkylation sites (N-methyl/N-ethyl adjacent to an activating group) is 1. The van der Waals surface area contributed by atoms with Crippen LogP contribution in [0.25, 0.3) is 0 Å². The van der Waals surface area contributed by atoms with Crippen molar-refractivity contribution in [1.82, 2.24) is 15.5 Å². The summed E-state index contributed by atoms with van der Waals surface area (Å²) in [5.74, 6) is 1.05. The van der Waals surface area contributed by atoms with Crippen molar-refractivity contribution < 1.29 is 14.3 Å². The molecule has 0 aromatic heterocycles. The van der Waals surface area contributed by atoms with E-state index in [1.165, 1.54) is 37.7 Å². The number of methoxy groups -OCH3 is 1. The number of urea groups is 1. The Morgan fingerprint density at radius 2 is 1.88 bits per heavy atom. The molecule has 0 bridgehead atoms. The molecule has 2 amide bonds. The molecule has 1 heterocycles. The van der Waals surface area contributed by atoms with E-state index in [0.717, 1.165) is 51.2 Å². The number of carbonyl (C=O) groups excluding carboxylic acids is 1. The van der Waals surface area contributed by atoms with Crippen molar-refractivity contribution in [1.29, 1.82) is 0 Å². The van der Waals surface area contributed by atoms with E-state index >= 15 is 0 Å². The molecular weight excluding hydrogens is 414 g/mol. The fourth-order valence-electron chi connectivity index (χ4n) is 5.53. The maximum Gasteiger partial charge on any atom is 0.317 e. The van der Waals surface area contributed by atoms with E-state index in [9.17, 15) is 4.79 Å². The first-order chi connectivity index (χ1) is 16.2. The number of hydrogen-bond donors (Lipinski definition) is 2. The minimum Gasteiger partial charge on any atom is -0.385 e. The highest BCUT2D eigenvalue weighted by molar-refractivity contribution is 5.74. The van der Waals surface area contributed by atoms with Crippen LogP contribution in [0.3, 0.4) is 0 Å². The predicted molar refractivity (Wildman–Crippen MR) is 133 cm³/mol. The van der Waals surface area contributed by atoms with Gasteiger partial charge in [-0.2, -0.15) is 0 Å². The summed E-state index contributed by atoms with van der Waals surface area (Å²) in [6, 6.07) is 10.8. The summed E-state index contributed by atoms with van der Waals surface area (Å²) in [7, 11) is 3.70. The molecule has 1 aromatic carbocycles. The second kappa shape index (κ2) is 14.6. The van der Waals surface area contributed by atoms with Crippen molar-refractivity contribution in [3.8, 4) is 0 Å². The molecule has 3 atom stereocenters. The Hall–Kier alpha value is -1.63. The lowest BCUT2D eigenvalue weighted by Gasteiger charge is -2.38. The van der Waals surface area contributed by atoms with E-state index in [0.29, 0.717) is 19.1 Å². The molecule has 6 nitrogen and oxygen atoms in total. The highest BCUT2D eigenvalue weighted by Crippen LogP contribution is 2.33. The Balaban J connectivity index is 1.59. The molecule has 33 heavy (non-hydrogen) atoms. The number of nitrogens with zero attached hydrogens (tertiary/aromatic N) is 1. The molecule has 3 rings (SSSR count). The van der Waals surface area contributed by atoms with E-state index in [-0.39, 0.29) is 18.2 Å². The third-order valence-corrected chi connectivity index (χ3v) is 7.21. The molecule has 2 N–H and O–H groups in total. The summed E-state index contributed by atoms with van der Waals surface area (Å²) in [6.07, 6.45) is 10.7. The molecule has 6 heteroatoms. The van der Waals surface area contributed by atoms with Crippen LogP contribution in [0.15, 0.2) is 30.3 Å². The average Bonchev–Trinajstić information content (AvgIpc) is 2.85. The Bertz CT molecular complexity index is 666. The molecule has 1 aromatic rings. The molecule has 3 unspecified atom stereocenters. The van der Waals surface area contributed by atoms with Gasteiger partial charge < -0.3 is 25.0 Å². The molecule has 2 aliphatic rings. The van der Waals surface area contributed by atoms with Gasteiger partial charge in [-0.3, -0.25) is 0 Å². The van der Waals surface area contributed by atoms with Gasteiger partial charge in [0.25, 0.3) is 0 Å². The van der Waals surface area contributed by atoms with E-state index < -0.39 is 0 Å². The Morgan fingerprint density at radius 1 is 1.09 bits per heavy atom. The number of rotatable bonds is 12. The number of piperidine rings is 1. The molecule has 0 radical (unpaired) electrons. The monoisotopic (exact) mass is 459 g/mol. The highest BCUT2D eigenvalue weighted by atomic mass is 16.5. The first-order valence-corrected chi connectivity index (χ1v) is 13.1. The van der Waals surface area contributed by atoms with Crippen LogP contribution in [0.5, 0.6) is 0 Å². The lowest BCUT2D eigenvalue weighted by Crippen LogP contribution is -2.52. The molecule has 1 saturated heterocycles. The van der Waals surface area contributed by atoms with E-state index in [1.807, 2.05) is 18.0 Å². The summed E-state index contributed by atoms with van der Waals surface area (Å²) in [6.45, 7) is 3.76. The van der Waals surface area contributed by atoms with Gasteiger partial charge in [0.1, 0.15) is 0 Å². The van der Waals surface area contributed by atoms with Crippen LogP contribution < -0.4 is 10.6 Å². The second-order valence-corrected chi connectivity index (χ2v) is 9.84. The largest absolute Gasteiger partial charge is 0.385 e. The maximum atomic E-state index is 13.3. The van der Waals surface area contributed by atoms with Crippen LogP contribution in [0.2, 0.25) is 0 Å². The quantitative estimate of drug-likeness (QED) is 0.442. The molecule has 1 saturated carbocycles.